The first-order valence-electron chi connectivity index (χ1n) is 9.98. The van der Waals surface area contributed by atoms with E-state index < -0.39 is 15.9 Å². The van der Waals surface area contributed by atoms with Gasteiger partial charge in [-0.3, -0.25) is 4.79 Å². The molecule has 1 N–H and O–H groups in total. The van der Waals surface area contributed by atoms with Crippen molar-refractivity contribution in [1.82, 2.24) is 4.31 Å². The number of hydrogen-bond donors (Lipinski definition) is 1. The lowest BCUT2D eigenvalue weighted by molar-refractivity contribution is 0.0998. The van der Waals surface area contributed by atoms with Gasteiger partial charge in [0.15, 0.2) is 5.76 Å². The number of nitrogens with one attached hydrogen (secondary N) is 1. The zero-order valence-electron chi connectivity index (χ0n) is 17.0. The van der Waals surface area contributed by atoms with Crippen molar-refractivity contribution >= 4 is 32.6 Å². The van der Waals surface area contributed by atoms with E-state index in [4.69, 9.17) is 9.15 Å². The van der Waals surface area contributed by atoms with Crippen molar-refractivity contribution in [2.24, 2.45) is 0 Å². The number of carbonyl (C=O) groups is 1. The Labute approximate surface area is 175 Å². The highest BCUT2D eigenvalue weighted by Crippen LogP contribution is 2.32. The van der Waals surface area contributed by atoms with Crippen molar-refractivity contribution in [2.75, 3.05) is 25.0 Å². The van der Waals surface area contributed by atoms with E-state index in [1.807, 2.05) is 25.1 Å². The second-order valence-electron chi connectivity index (χ2n) is 7.21. The van der Waals surface area contributed by atoms with E-state index in [2.05, 4.69) is 5.32 Å². The van der Waals surface area contributed by atoms with Gasteiger partial charge in [0.05, 0.1) is 6.61 Å². The minimum Gasteiger partial charge on any atom is -0.492 e. The number of rotatable bonds is 6. The van der Waals surface area contributed by atoms with Crippen molar-refractivity contribution in [3.63, 3.8) is 0 Å². The minimum absolute atomic E-state index is 0.0605. The number of hydrogen-bond acceptors (Lipinski definition) is 5. The molecule has 1 saturated heterocycles. The van der Waals surface area contributed by atoms with Crippen LogP contribution >= 0.6 is 0 Å². The van der Waals surface area contributed by atoms with E-state index >= 15 is 0 Å². The largest absolute Gasteiger partial charge is 0.492 e. The molecule has 3 aromatic rings. The van der Waals surface area contributed by atoms with Gasteiger partial charge in [0.25, 0.3) is 5.91 Å². The highest BCUT2D eigenvalue weighted by Gasteiger charge is 2.30. The number of benzene rings is 2. The van der Waals surface area contributed by atoms with Crippen molar-refractivity contribution in [3.05, 3.63) is 53.8 Å². The predicted octanol–water partition coefficient (Wildman–Crippen LogP) is 4.18. The second kappa shape index (κ2) is 8.12. The molecule has 1 aromatic heterocycles. The molecule has 0 atom stereocenters. The van der Waals surface area contributed by atoms with E-state index in [-0.39, 0.29) is 16.4 Å². The third-order valence-electron chi connectivity index (χ3n) is 5.23. The molecule has 158 valence electrons. The van der Waals surface area contributed by atoms with Gasteiger partial charge < -0.3 is 14.5 Å². The van der Waals surface area contributed by atoms with Crippen LogP contribution in [-0.2, 0) is 10.0 Å². The van der Waals surface area contributed by atoms with Crippen LogP contribution in [0.25, 0.3) is 11.0 Å². The number of sulfonamides is 1. The molecule has 7 nitrogen and oxygen atoms in total. The molecule has 0 saturated carbocycles. The molecule has 0 unspecified atom stereocenters. The molecule has 1 aliphatic rings. The molecule has 1 aliphatic heterocycles. The lowest BCUT2D eigenvalue weighted by Gasteiger charge is -2.19. The summed E-state index contributed by atoms with van der Waals surface area (Å²) >= 11 is 0. The number of furan rings is 1. The Hall–Kier alpha value is -2.84. The van der Waals surface area contributed by atoms with Crippen LogP contribution in [0, 0.1) is 6.92 Å². The van der Waals surface area contributed by atoms with Crippen molar-refractivity contribution in [1.29, 1.82) is 0 Å². The van der Waals surface area contributed by atoms with Gasteiger partial charge in [-0.2, -0.15) is 4.31 Å². The molecule has 0 bridgehead atoms. The number of amides is 1. The zero-order valence-corrected chi connectivity index (χ0v) is 17.8. The van der Waals surface area contributed by atoms with Gasteiger partial charge in [-0.25, -0.2) is 8.42 Å². The Kier molecular flexibility index (Phi) is 5.53. The van der Waals surface area contributed by atoms with Crippen LogP contribution in [0.4, 0.5) is 5.69 Å². The molecule has 0 spiro atoms. The number of ether oxygens (including phenoxy) is 1. The van der Waals surface area contributed by atoms with Crippen LogP contribution < -0.4 is 10.1 Å². The number of fused-ring (bicyclic) bond motifs is 1. The van der Waals surface area contributed by atoms with Crippen LogP contribution in [0.2, 0.25) is 0 Å². The van der Waals surface area contributed by atoms with Gasteiger partial charge in [0, 0.05) is 29.7 Å². The fourth-order valence-electron chi connectivity index (χ4n) is 3.71. The average molecular weight is 429 g/mol. The van der Waals surface area contributed by atoms with Crippen LogP contribution in [0.3, 0.4) is 0 Å². The normalized spacial score (nSPS) is 14.9. The molecule has 4 rings (SSSR count). The third kappa shape index (κ3) is 3.68. The number of aryl methyl sites for hydroxylation is 1. The molecule has 8 heteroatoms. The maximum atomic E-state index is 13.1. The van der Waals surface area contributed by atoms with Gasteiger partial charge in [-0.1, -0.05) is 18.2 Å². The Morgan fingerprint density at radius 3 is 2.60 bits per heavy atom. The summed E-state index contributed by atoms with van der Waals surface area (Å²) in [4.78, 5) is 12.9. The van der Waals surface area contributed by atoms with E-state index in [1.165, 1.54) is 10.4 Å². The first kappa shape index (κ1) is 20.4. The molecule has 0 radical (unpaired) electrons. The summed E-state index contributed by atoms with van der Waals surface area (Å²) in [6, 6.07) is 12.1. The Morgan fingerprint density at radius 1 is 1.17 bits per heavy atom. The highest BCUT2D eigenvalue weighted by molar-refractivity contribution is 7.89. The zero-order chi connectivity index (χ0) is 21.3. The number of carbonyl (C=O) groups excluding carboxylic acids is 1. The first-order valence-corrected chi connectivity index (χ1v) is 11.4. The molecule has 0 aliphatic carbocycles. The van der Waals surface area contributed by atoms with Crippen LogP contribution in [-0.4, -0.2) is 38.3 Å². The second-order valence-corrected chi connectivity index (χ2v) is 9.12. The number of anilines is 1. The summed E-state index contributed by atoms with van der Waals surface area (Å²) < 4.78 is 39.0. The molecule has 2 aromatic carbocycles. The van der Waals surface area contributed by atoms with Gasteiger partial charge in [0.1, 0.15) is 16.2 Å². The standard InChI is InChI=1S/C22H24N2O5S/c1-3-28-19-11-10-16(14-20(19)30(26,27)24-12-6-7-13-24)23-22(25)21-15(2)17-8-4-5-9-18(17)29-21/h4-5,8-11,14H,3,6-7,12-13H2,1-2H3,(H,23,25). The summed E-state index contributed by atoms with van der Waals surface area (Å²) in [7, 11) is -3.71. The van der Waals surface area contributed by atoms with Gasteiger partial charge in [-0.05, 0) is 51.0 Å². The summed E-state index contributed by atoms with van der Waals surface area (Å²) in [5.41, 5.74) is 1.73. The molecule has 1 fully saturated rings. The van der Waals surface area contributed by atoms with Crippen LogP contribution in [0.15, 0.2) is 51.8 Å². The van der Waals surface area contributed by atoms with E-state index in [0.717, 1.165) is 23.8 Å². The SMILES string of the molecule is CCOc1ccc(NC(=O)c2oc3ccccc3c2C)cc1S(=O)(=O)N1CCCC1. The van der Waals surface area contributed by atoms with Crippen LogP contribution in [0.1, 0.15) is 35.9 Å². The maximum Gasteiger partial charge on any atom is 0.291 e. The lowest BCUT2D eigenvalue weighted by atomic mass is 10.1. The summed E-state index contributed by atoms with van der Waals surface area (Å²) in [5.74, 6) is 0.0498. The van der Waals surface area contributed by atoms with Crippen molar-refractivity contribution in [3.8, 4) is 5.75 Å². The molecular weight excluding hydrogens is 404 g/mol. The fraction of sp³-hybridized carbons (Fsp3) is 0.318. The lowest BCUT2D eigenvalue weighted by Crippen LogP contribution is -2.28. The number of para-hydroxylation sites is 1. The summed E-state index contributed by atoms with van der Waals surface area (Å²) in [6.07, 6.45) is 1.68. The Bertz CT molecular complexity index is 1190. The summed E-state index contributed by atoms with van der Waals surface area (Å²) in [6.45, 7) is 4.94. The van der Waals surface area contributed by atoms with E-state index in [0.29, 0.717) is 31.0 Å². The molecule has 2 heterocycles. The first-order chi connectivity index (χ1) is 14.4. The predicted molar refractivity (Wildman–Crippen MR) is 115 cm³/mol. The molecule has 30 heavy (non-hydrogen) atoms. The van der Waals surface area contributed by atoms with Crippen molar-refractivity contribution < 1.29 is 22.4 Å². The smallest absolute Gasteiger partial charge is 0.291 e. The van der Waals surface area contributed by atoms with Gasteiger partial charge in [0.2, 0.25) is 10.0 Å². The van der Waals surface area contributed by atoms with E-state index in [1.54, 1.807) is 25.1 Å². The molecular formula is C22H24N2O5S. The van der Waals surface area contributed by atoms with Gasteiger partial charge in [-0.15, -0.1) is 0 Å². The molecule has 1 amide bonds. The monoisotopic (exact) mass is 428 g/mol. The van der Waals surface area contributed by atoms with Crippen LogP contribution in [0.5, 0.6) is 5.75 Å². The van der Waals surface area contributed by atoms with Gasteiger partial charge >= 0.3 is 0 Å². The Balaban J connectivity index is 1.67. The fourth-order valence-corrected chi connectivity index (χ4v) is 5.38. The quantitative estimate of drug-likeness (QED) is 0.636. The Morgan fingerprint density at radius 2 is 1.90 bits per heavy atom. The number of nitrogens with zero attached hydrogens (tertiary/aromatic N) is 1. The maximum absolute atomic E-state index is 13.1. The average Bonchev–Trinajstić information content (AvgIpc) is 3.39. The van der Waals surface area contributed by atoms with E-state index in [9.17, 15) is 13.2 Å². The highest BCUT2D eigenvalue weighted by atomic mass is 32.2. The minimum atomic E-state index is -3.71. The third-order valence-corrected chi connectivity index (χ3v) is 7.15. The summed E-state index contributed by atoms with van der Waals surface area (Å²) in [5, 5.41) is 3.63. The van der Waals surface area contributed by atoms with Crippen molar-refractivity contribution in [2.45, 2.75) is 31.6 Å². The topological polar surface area (TPSA) is 88.8 Å².